The minimum Gasteiger partial charge on any atom is -0.383 e. The maximum absolute atomic E-state index is 14.3. The second-order valence-corrected chi connectivity index (χ2v) is 6.79. The summed E-state index contributed by atoms with van der Waals surface area (Å²) >= 11 is 5.82. The molecule has 0 saturated carbocycles. The molecule has 114 valence electrons. The van der Waals surface area contributed by atoms with Gasteiger partial charge in [-0.15, -0.1) is 23.4 Å². The van der Waals surface area contributed by atoms with Crippen LogP contribution in [0, 0.1) is 5.82 Å². The molecule has 0 bridgehead atoms. The summed E-state index contributed by atoms with van der Waals surface area (Å²) in [6.07, 6.45) is 3.55. The molecule has 0 saturated heterocycles. The smallest absolute Gasteiger partial charge is 0.184 e. The first-order valence-electron chi connectivity index (χ1n) is 6.20. The highest BCUT2D eigenvalue weighted by Crippen LogP contribution is 2.40. The molecule has 2 rings (SSSR count). The molecule has 0 fully saturated rings. The minimum atomic E-state index is -0.321. The van der Waals surface area contributed by atoms with Crippen molar-refractivity contribution in [2.45, 2.75) is 11.1 Å². The minimum absolute atomic E-state index is 0.101. The summed E-state index contributed by atoms with van der Waals surface area (Å²) in [6.45, 7) is 1.13. The first kappa shape index (κ1) is 16.7. The average Bonchev–Trinajstić information content (AvgIpc) is 2.95. The lowest BCUT2D eigenvalue weighted by atomic mass is 10.1. The van der Waals surface area contributed by atoms with Gasteiger partial charge in [-0.3, -0.25) is 4.68 Å². The van der Waals surface area contributed by atoms with Crippen molar-refractivity contribution in [3.63, 3.8) is 0 Å². The second kappa shape index (κ2) is 8.07. The normalized spacial score (nSPS) is 12.6. The van der Waals surface area contributed by atoms with Gasteiger partial charge in [-0.25, -0.2) is 9.37 Å². The molecule has 1 aromatic carbocycles. The fraction of sp³-hybridized carbons (Fsp3) is 0.385. The lowest BCUT2D eigenvalue weighted by molar-refractivity contribution is 0.183. The lowest BCUT2D eigenvalue weighted by Crippen LogP contribution is -2.04. The highest BCUT2D eigenvalue weighted by molar-refractivity contribution is 8.70. The van der Waals surface area contributed by atoms with E-state index in [2.05, 4.69) is 21.7 Å². The van der Waals surface area contributed by atoms with E-state index in [0.717, 1.165) is 5.56 Å². The van der Waals surface area contributed by atoms with Crippen LogP contribution in [-0.2, 0) is 11.3 Å². The average molecular weight is 345 g/mol. The third-order valence-corrected chi connectivity index (χ3v) is 5.97. The van der Waals surface area contributed by atoms with Crippen molar-refractivity contribution in [3.8, 4) is 11.4 Å². The van der Waals surface area contributed by atoms with Crippen LogP contribution in [0.2, 0.25) is 0 Å². The zero-order valence-corrected chi connectivity index (χ0v) is 14.2. The number of thioether (sulfide) groups is 1. The molecular formula is C13H16FN3OS3. The third kappa shape index (κ3) is 4.15. The van der Waals surface area contributed by atoms with E-state index >= 15 is 0 Å². The number of rotatable bonds is 7. The fourth-order valence-electron chi connectivity index (χ4n) is 1.81. The summed E-state index contributed by atoms with van der Waals surface area (Å²) in [7, 11) is 3.01. The molecule has 0 radical (unpaired) electrons. The van der Waals surface area contributed by atoms with E-state index < -0.39 is 0 Å². The number of methoxy groups -OCH3 is 1. The number of hydrogen-bond donors (Lipinski definition) is 1. The first-order valence-corrected chi connectivity index (χ1v) is 9.42. The largest absolute Gasteiger partial charge is 0.383 e. The summed E-state index contributed by atoms with van der Waals surface area (Å²) in [5.41, 5.74) is 1.29. The highest BCUT2D eigenvalue weighted by atomic mass is 33.1. The standard InChI is InChI=1S/C13H16FN3OS3/c1-18-6-5-17-8-15-12(16-17)10-4-3-9(7-11(10)14)13(20-2)21-19/h3-4,7-8,13,19H,5-6H2,1-2H3. The predicted molar refractivity (Wildman–Crippen MR) is 90.1 cm³/mol. The van der Waals surface area contributed by atoms with Crippen LogP contribution in [-0.4, -0.2) is 34.7 Å². The number of ether oxygens (including phenoxy) is 1. The van der Waals surface area contributed by atoms with E-state index in [1.54, 1.807) is 35.9 Å². The summed E-state index contributed by atoms with van der Waals surface area (Å²) in [5.74, 6) is 0.0628. The molecule has 0 N–H and O–H groups in total. The van der Waals surface area contributed by atoms with Crippen molar-refractivity contribution in [1.29, 1.82) is 0 Å². The van der Waals surface area contributed by atoms with E-state index in [9.17, 15) is 4.39 Å². The highest BCUT2D eigenvalue weighted by Gasteiger charge is 2.15. The Morgan fingerprint density at radius 1 is 1.48 bits per heavy atom. The predicted octanol–water partition coefficient (Wildman–Crippen LogP) is 3.67. The molecule has 0 amide bonds. The molecule has 0 spiro atoms. The maximum Gasteiger partial charge on any atom is 0.184 e. The van der Waals surface area contributed by atoms with Gasteiger partial charge < -0.3 is 4.74 Å². The summed E-state index contributed by atoms with van der Waals surface area (Å²) in [6, 6.07) is 5.13. The van der Waals surface area contributed by atoms with Crippen molar-refractivity contribution >= 4 is 34.2 Å². The topological polar surface area (TPSA) is 39.9 Å². The number of aromatic nitrogens is 3. The van der Waals surface area contributed by atoms with E-state index in [1.807, 2.05) is 12.3 Å². The summed E-state index contributed by atoms with van der Waals surface area (Å²) in [4.78, 5) is 4.15. The van der Waals surface area contributed by atoms with Crippen LogP contribution in [0.4, 0.5) is 4.39 Å². The molecule has 21 heavy (non-hydrogen) atoms. The molecular weight excluding hydrogens is 329 g/mol. The number of halogens is 1. The molecule has 0 aliphatic rings. The quantitative estimate of drug-likeness (QED) is 0.471. The number of nitrogens with zero attached hydrogens (tertiary/aromatic N) is 3. The molecule has 1 heterocycles. The Labute approximate surface area is 136 Å². The van der Waals surface area contributed by atoms with E-state index in [0.29, 0.717) is 24.5 Å². The van der Waals surface area contributed by atoms with Gasteiger partial charge in [0.05, 0.1) is 23.3 Å². The molecule has 1 aromatic heterocycles. The van der Waals surface area contributed by atoms with Crippen LogP contribution in [0.5, 0.6) is 0 Å². The van der Waals surface area contributed by atoms with Crippen LogP contribution in [0.25, 0.3) is 11.4 Å². The van der Waals surface area contributed by atoms with Gasteiger partial charge in [-0.1, -0.05) is 16.9 Å². The Morgan fingerprint density at radius 3 is 2.90 bits per heavy atom. The fourth-order valence-corrected chi connectivity index (χ4v) is 3.98. The Morgan fingerprint density at radius 2 is 2.29 bits per heavy atom. The van der Waals surface area contributed by atoms with Gasteiger partial charge in [-0.2, -0.15) is 5.10 Å². The van der Waals surface area contributed by atoms with Gasteiger partial charge in [0, 0.05) is 7.11 Å². The van der Waals surface area contributed by atoms with Crippen molar-refractivity contribution in [1.82, 2.24) is 14.8 Å². The number of thiol groups is 1. The van der Waals surface area contributed by atoms with Gasteiger partial charge in [0.2, 0.25) is 0 Å². The van der Waals surface area contributed by atoms with Crippen LogP contribution in [0.1, 0.15) is 10.1 Å². The molecule has 0 aliphatic carbocycles. The van der Waals surface area contributed by atoms with Gasteiger partial charge in [0.15, 0.2) is 5.82 Å². The van der Waals surface area contributed by atoms with Crippen molar-refractivity contribution in [2.24, 2.45) is 0 Å². The molecule has 1 atom stereocenters. The van der Waals surface area contributed by atoms with Crippen LogP contribution >= 0.6 is 34.2 Å². The zero-order valence-electron chi connectivity index (χ0n) is 11.7. The van der Waals surface area contributed by atoms with E-state index in [1.165, 1.54) is 16.9 Å². The van der Waals surface area contributed by atoms with E-state index in [-0.39, 0.29) is 10.4 Å². The molecule has 4 nitrogen and oxygen atoms in total. The van der Waals surface area contributed by atoms with Crippen molar-refractivity contribution in [2.75, 3.05) is 20.0 Å². The molecule has 1 unspecified atom stereocenters. The summed E-state index contributed by atoms with van der Waals surface area (Å²) in [5, 5.41) is 4.25. The van der Waals surface area contributed by atoms with Gasteiger partial charge in [0.25, 0.3) is 0 Å². The summed E-state index contributed by atoms with van der Waals surface area (Å²) < 4.78 is 21.0. The molecule has 2 aromatic rings. The van der Waals surface area contributed by atoms with E-state index in [4.69, 9.17) is 4.74 Å². The molecule has 8 heteroatoms. The Bertz CT molecular complexity index is 590. The van der Waals surface area contributed by atoms with Crippen molar-refractivity contribution < 1.29 is 9.13 Å². The Kier molecular flexibility index (Phi) is 6.40. The third-order valence-electron chi connectivity index (χ3n) is 2.88. The monoisotopic (exact) mass is 345 g/mol. The Hall–Kier alpha value is -0.700. The lowest BCUT2D eigenvalue weighted by Gasteiger charge is -2.11. The van der Waals surface area contributed by atoms with Gasteiger partial charge in [0.1, 0.15) is 12.1 Å². The van der Waals surface area contributed by atoms with Gasteiger partial charge >= 0.3 is 0 Å². The SMILES string of the molecule is COCCn1cnc(-c2ccc(C(SC)SS)cc2F)n1. The van der Waals surface area contributed by atoms with Gasteiger partial charge in [-0.05, 0) is 24.0 Å². The first-order chi connectivity index (χ1) is 10.2. The zero-order chi connectivity index (χ0) is 15.2. The van der Waals surface area contributed by atoms with Crippen LogP contribution in [0.15, 0.2) is 24.5 Å². The number of hydrogen-bond acceptors (Lipinski definition) is 6. The van der Waals surface area contributed by atoms with Crippen LogP contribution < -0.4 is 0 Å². The Balaban J connectivity index is 2.22. The molecule has 0 aliphatic heterocycles. The second-order valence-electron chi connectivity index (χ2n) is 4.24. The number of benzene rings is 1. The van der Waals surface area contributed by atoms with Crippen LogP contribution in [0.3, 0.4) is 0 Å². The maximum atomic E-state index is 14.3. The van der Waals surface area contributed by atoms with Crippen molar-refractivity contribution in [3.05, 3.63) is 35.9 Å².